The normalized spacial score (nSPS) is 18.2. The third kappa shape index (κ3) is 1.91. The Labute approximate surface area is 106 Å². The molecule has 96 valence electrons. The molecule has 0 bridgehead atoms. The van der Waals surface area contributed by atoms with Crippen molar-refractivity contribution in [3.8, 4) is 0 Å². The highest BCUT2D eigenvalue weighted by atomic mass is 32.2. The standard InChI is InChI=1S/C12H15N3O2S/c16-18(17,15-6-2-1-3-7-15)11-8-10-4-5-13-12(10)14-9-11/h4-5,8-9H,1-3,6-7H2,(H,13,14). The number of pyridine rings is 1. The number of nitrogens with one attached hydrogen (secondary N) is 1. The molecule has 0 spiro atoms. The molecule has 2 aromatic rings. The maximum Gasteiger partial charge on any atom is 0.244 e. The first-order chi connectivity index (χ1) is 8.68. The third-order valence-corrected chi connectivity index (χ3v) is 5.19. The van der Waals surface area contributed by atoms with Gasteiger partial charge in [0.15, 0.2) is 0 Å². The molecule has 1 saturated heterocycles. The minimum absolute atomic E-state index is 0.288. The highest BCUT2D eigenvalue weighted by Gasteiger charge is 2.26. The fraction of sp³-hybridized carbons (Fsp3) is 0.417. The van der Waals surface area contributed by atoms with Gasteiger partial charge in [-0.25, -0.2) is 13.4 Å². The maximum absolute atomic E-state index is 12.4. The Hall–Kier alpha value is -1.40. The zero-order valence-corrected chi connectivity index (χ0v) is 10.8. The fourth-order valence-electron chi connectivity index (χ4n) is 2.32. The van der Waals surface area contributed by atoms with Gasteiger partial charge in [0.25, 0.3) is 0 Å². The zero-order chi connectivity index (χ0) is 12.6. The van der Waals surface area contributed by atoms with Gasteiger partial charge < -0.3 is 4.98 Å². The van der Waals surface area contributed by atoms with Crippen LogP contribution in [-0.4, -0.2) is 35.8 Å². The molecule has 3 rings (SSSR count). The Kier molecular flexibility index (Phi) is 2.83. The summed E-state index contributed by atoms with van der Waals surface area (Å²) in [6.45, 7) is 1.24. The summed E-state index contributed by atoms with van der Waals surface area (Å²) in [7, 11) is -3.37. The smallest absolute Gasteiger partial charge is 0.244 e. The van der Waals surface area contributed by atoms with Crippen molar-refractivity contribution >= 4 is 21.1 Å². The van der Waals surface area contributed by atoms with E-state index in [2.05, 4.69) is 9.97 Å². The van der Waals surface area contributed by atoms with Crippen LogP contribution >= 0.6 is 0 Å². The quantitative estimate of drug-likeness (QED) is 0.899. The number of nitrogens with zero attached hydrogens (tertiary/aromatic N) is 2. The number of H-pyrrole nitrogens is 1. The Morgan fingerprint density at radius 1 is 1.22 bits per heavy atom. The molecule has 0 saturated carbocycles. The zero-order valence-electron chi connectivity index (χ0n) is 9.96. The summed E-state index contributed by atoms with van der Waals surface area (Å²) < 4.78 is 26.4. The highest BCUT2D eigenvalue weighted by molar-refractivity contribution is 7.89. The molecular formula is C12H15N3O2S. The summed E-state index contributed by atoms with van der Waals surface area (Å²) in [5.74, 6) is 0. The van der Waals surface area contributed by atoms with Gasteiger partial charge in [-0.1, -0.05) is 6.42 Å². The number of hydrogen-bond donors (Lipinski definition) is 1. The summed E-state index contributed by atoms with van der Waals surface area (Å²) in [6, 6.07) is 3.51. The predicted molar refractivity (Wildman–Crippen MR) is 68.7 cm³/mol. The van der Waals surface area contributed by atoms with Crippen molar-refractivity contribution in [1.29, 1.82) is 0 Å². The molecule has 0 amide bonds. The van der Waals surface area contributed by atoms with Crippen molar-refractivity contribution in [2.75, 3.05) is 13.1 Å². The van der Waals surface area contributed by atoms with Crippen molar-refractivity contribution in [1.82, 2.24) is 14.3 Å². The van der Waals surface area contributed by atoms with Crippen molar-refractivity contribution in [2.45, 2.75) is 24.2 Å². The molecule has 18 heavy (non-hydrogen) atoms. The van der Waals surface area contributed by atoms with Gasteiger partial charge in [0.05, 0.1) is 0 Å². The Bertz CT molecular complexity index is 657. The summed E-state index contributed by atoms with van der Waals surface area (Å²) in [6.07, 6.45) is 6.19. The van der Waals surface area contributed by atoms with Gasteiger partial charge >= 0.3 is 0 Å². The van der Waals surface area contributed by atoms with E-state index in [0.717, 1.165) is 24.6 Å². The van der Waals surface area contributed by atoms with Crippen molar-refractivity contribution in [3.05, 3.63) is 24.5 Å². The molecular weight excluding hydrogens is 250 g/mol. The predicted octanol–water partition coefficient (Wildman–Crippen LogP) is 1.74. The molecule has 5 nitrogen and oxygen atoms in total. The van der Waals surface area contributed by atoms with Crippen LogP contribution in [0.2, 0.25) is 0 Å². The van der Waals surface area contributed by atoms with E-state index in [4.69, 9.17) is 0 Å². The molecule has 0 atom stereocenters. The van der Waals surface area contributed by atoms with Crippen LogP contribution in [0.3, 0.4) is 0 Å². The first-order valence-electron chi connectivity index (χ1n) is 6.11. The van der Waals surface area contributed by atoms with E-state index < -0.39 is 10.0 Å². The molecule has 1 fully saturated rings. The van der Waals surface area contributed by atoms with Crippen LogP contribution in [0.15, 0.2) is 29.4 Å². The lowest BCUT2D eigenvalue weighted by atomic mass is 10.2. The second-order valence-electron chi connectivity index (χ2n) is 4.55. The lowest BCUT2D eigenvalue weighted by Crippen LogP contribution is -2.35. The van der Waals surface area contributed by atoms with Crippen LogP contribution in [0.25, 0.3) is 11.0 Å². The number of rotatable bonds is 2. The summed E-state index contributed by atoms with van der Waals surface area (Å²) in [5.41, 5.74) is 0.715. The topological polar surface area (TPSA) is 66.1 Å². The molecule has 1 aliphatic rings. The van der Waals surface area contributed by atoms with Gasteiger partial charge in [-0.15, -0.1) is 0 Å². The number of aromatic amines is 1. The minimum Gasteiger partial charge on any atom is -0.346 e. The first kappa shape index (κ1) is 11.7. The molecule has 1 aliphatic heterocycles. The Balaban J connectivity index is 2.01. The molecule has 6 heteroatoms. The molecule has 1 N–H and O–H groups in total. The molecule has 0 unspecified atom stereocenters. The van der Waals surface area contributed by atoms with Crippen LogP contribution in [0.5, 0.6) is 0 Å². The SMILES string of the molecule is O=S(=O)(c1cnc2[nH]ccc2c1)N1CCCCC1. The van der Waals surface area contributed by atoms with Crippen LogP contribution in [0.1, 0.15) is 19.3 Å². The largest absolute Gasteiger partial charge is 0.346 e. The van der Waals surface area contributed by atoms with Gasteiger partial charge in [0.1, 0.15) is 10.5 Å². The first-order valence-corrected chi connectivity index (χ1v) is 7.55. The highest BCUT2D eigenvalue weighted by Crippen LogP contribution is 2.22. The number of piperidine rings is 1. The van der Waals surface area contributed by atoms with E-state index in [1.165, 1.54) is 6.20 Å². The average Bonchev–Trinajstić information content (AvgIpc) is 2.87. The van der Waals surface area contributed by atoms with Crippen molar-refractivity contribution in [2.24, 2.45) is 0 Å². The third-order valence-electron chi connectivity index (χ3n) is 3.33. The second-order valence-corrected chi connectivity index (χ2v) is 6.49. The summed E-state index contributed by atoms with van der Waals surface area (Å²) in [4.78, 5) is 7.39. The van der Waals surface area contributed by atoms with E-state index in [1.54, 1.807) is 16.6 Å². The molecule has 0 radical (unpaired) electrons. The number of fused-ring (bicyclic) bond motifs is 1. The van der Waals surface area contributed by atoms with E-state index in [-0.39, 0.29) is 4.90 Å². The van der Waals surface area contributed by atoms with Crippen LogP contribution in [0.4, 0.5) is 0 Å². The lowest BCUT2D eigenvalue weighted by molar-refractivity contribution is 0.346. The van der Waals surface area contributed by atoms with E-state index in [9.17, 15) is 8.42 Å². The molecule has 2 aromatic heterocycles. The lowest BCUT2D eigenvalue weighted by Gasteiger charge is -2.25. The van der Waals surface area contributed by atoms with Gasteiger partial charge in [-0.2, -0.15) is 4.31 Å². The molecule has 3 heterocycles. The summed E-state index contributed by atoms with van der Waals surface area (Å²) >= 11 is 0. The van der Waals surface area contributed by atoms with Gasteiger partial charge in [-0.05, 0) is 25.0 Å². The molecule has 0 aromatic carbocycles. The number of hydrogen-bond acceptors (Lipinski definition) is 3. The Morgan fingerprint density at radius 3 is 2.78 bits per heavy atom. The van der Waals surface area contributed by atoms with Crippen molar-refractivity contribution < 1.29 is 8.42 Å². The monoisotopic (exact) mass is 265 g/mol. The Morgan fingerprint density at radius 2 is 2.00 bits per heavy atom. The summed E-state index contributed by atoms with van der Waals surface area (Å²) in [5, 5.41) is 0.827. The second kappa shape index (κ2) is 4.37. The van der Waals surface area contributed by atoms with Gasteiger partial charge in [-0.3, -0.25) is 0 Å². The van der Waals surface area contributed by atoms with Crippen molar-refractivity contribution in [3.63, 3.8) is 0 Å². The molecule has 0 aliphatic carbocycles. The minimum atomic E-state index is -3.37. The van der Waals surface area contributed by atoms with E-state index in [1.807, 2.05) is 6.07 Å². The number of sulfonamides is 1. The van der Waals surface area contributed by atoms with Gasteiger partial charge in [0.2, 0.25) is 10.0 Å². The fourth-order valence-corrected chi connectivity index (χ4v) is 3.81. The average molecular weight is 265 g/mol. The van der Waals surface area contributed by atoms with E-state index in [0.29, 0.717) is 18.7 Å². The van der Waals surface area contributed by atoms with Crippen LogP contribution in [0, 0.1) is 0 Å². The van der Waals surface area contributed by atoms with Gasteiger partial charge in [0, 0.05) is 30.9 Å². The number of aromatic nitrogens is 2. The van der Waals surface area contributed by atoms with Crippen LogP contribution < -0.4 is 0 Å². The van der Waals surface area contributed by atoms with Crippen LogP contribution in [-0.2, 0) is 10.0 Å². The maximum atomic E-state index is 12.4. The van der Waals surface area contributed by atoms with E-state index >= 15 is 0 Å².